The number of methoxy groups -OCH3 is 2. The van der Waals surface area contributed by atoms with Crippen LogP contribution in [-0.4, -0.2) is 122 Å². The summed E-state index contributed by atoms with van der Waals surface area (Å²) in [4.78, 5) is 65.9. The van der Waals surface area contributed by atoms with E-state index in [1.807, 2.05) is 13.8 Å². The van der Waals surface area contributed by atoms with E-state index in [1.165, 1.54) is 14.2 Å². The van der Waals surface area contributed by atoms with Crippen molar-refractivity contribution in [3.63, 3.8) is 0 Å². The first kappa shape index (κ1) is 34.4. The molecule has 0 radical (unpaired) electrons. The van der Waals surface area contributed by atoms with Gasteiger partial charge in [-0.1, -0.05) is 27.2 Å². The van der Waals surface area contributed by atoms with E-state index in [9.17, 15) is 24.0 Å². The van der Waals surface area contributed by atoms with Crippen molar-refractivity contribution in [1.82, 2.24) is 25.8 Å². The van der Waals surface area contributed by atoms with Crippen LogP contribution < -0.4 is 16.0 Å². The zero-order valence-corrected chi connectivity index (χ0v) is 25.3. The smallest absolute Gasteiger partial charge is 0.322 e. The number of carboxylic acid groups (broad SMARTS) is 1. The van der Waals surface area contributed by atoms with E-state index in [4.69, 9.17) is 14.6 Å². The molecule has 13 heteroatoms. The van der Waals surface area contributed by atoms with Crippen molar-refractivity contribution < 1.29 is 38.6 Å². The van der Waals surface area contributed by atoms with Crippen molar-refractivity contribution in [3.05, 3.63) is 0 Å². The van der Waals surface area contributed by atoms with Crippen molar-refractivity contribution in [1.29, 1.82) is 0 Å². The predicted octanol–water partition coefficient (Wildman–Crippen LogP) is -0.0243. The maximum atomic E-state index is 13.7. The number of carboxylic acids is 1. The third-order valence-electron chi connectivity index (χ3n) is 8.51. The quantitative estimate of drug-likeness (QED) is 0.195. The van der Waals surface area contributed by atoms with Gasteiger partial charge in [-0.25, -0.2) is 0 Å². The van der Waals surface area contributed by atoms with Gasteiger partial charge in [-0.3, -0.25) is 24.0 Å². The second-order valence-corrected chi connectivity index (χ2v) is 11.1. The van der Waals surface area contributed by atoms with Gasteiger partial charge in [0.25, 0.3) is 0 Å². The Morgan fingerprint density at radius 3 is 2.32 bits per heavy atom. The zero-order valence-electron chi connectivity index (χ0n) is 25.3. The van der Waals surface area contributed by atoms with Crippen LogP contribution in [0.2, 0.25) is 0 Å². The van der Waals surface area contributed by atoms with E-state index in [0.29, 0.717) is 13.0 Å². The molecule has 2 aliphatic rings. The van der Waals surface area contributed by atoms with E-state index >= 15 is 0 Å². The minimum atomic E-state index is -1.14. The average Bonchev–Trinajstić information content (AvgIpc) is 3.67. The normalized spacial score (nSPS) is 22.3. The Kier molecular flexibility index (Phi) is 14.0. The summed E-state index contributed by atoms with van der Waals surface area (Å²) in [6.07, 6.45) is 2.59. The Bertz CT molecular complexity index is 912. The molecule has 4 amide bonds. The number of rotatable bonds is 16. The lowest BCUT2D eigenvalue weighted by atomic mass is 9.90. The Hall–Kier alpha value is -2.77. The summed E-state index contributed by atoms with van der Waals surface area (Å²) in [5, 5.41) is 17.1. The van der Waals surface area contributed by atoms with Gasteiger partial charge in [-0.05, 0) is 38.1 Å². The van der Waals surface area contributed by atoms with Crippen molar-refractivity contribution in [2.45, 2.75) is 89.6 Å². The molecule has 2 heterocycles. The first-order chi connectivity index (χ1) is 19.5. The van der Waals surface area contributed by atoms with Crippen LogP contribution in [0.1, 0.15) is 59.3 Å². The standard InChI is InChI=1S/C28H49N5O8/c1-7-17(2)25(32(4)23(35)15-30-28(39)19-10-8-12-29-19)21(40-5)14-22(34)33-13-9-11-20(33)26(41-6)18(3)27(38)31-16-24(36)37/h17-21,25-26,29H,7-16H2,1-6H3,(H,30,39)(H,31,38)(H,36,37)/t17-,18?,19-,20?,21?,25?,26?/m0/s1. The summed E-state index contributed by atoms with van der Waals surface area (Å²) in [6, 6.07) is -1.06. The molecule has 41 heavy (non-hydrogen) atoms. The molecule has 0 aromatic carbocycles. The highest BCUT2D eigenvalue weighted by Crippen LogP contribution is 2.29. The van der Waals surface area contributed by atoms with Crippen molar-refractivity contribution in [2.75, 3.05) is 47.4 Å². The minimum absolute atomic E-state index is 0.00736. The van der Waals surface area contributed by atoms with E-state index in [-0.39, 0.29) is 48.7 Å². The maximum absolute atomic E-state index is 13.7. The predicted molar refractivity (Wildman–Crippen MR) is 151 cm³/mol. The molecule has 7 atom stereocenters. The van der Waals surface area contributed by atoms with Crippen molar-refractivity contribution >= 4 is 29.6 Å². The summed E-state index contributed by atoms with van der Waals surface area (Å²) < 4.78 is 11.5. The van der Waals surface area contributed by atoms with Gasteiger partial charge in [-0.2, -0.15) is 0 Å². The van der Waals surface area contributed by atoms with Gasteiger partial charge in [-0.15, -0.1) is 0 Å². The summed E-state index contributed by atoms with van der Waals surface area (Å²) in [5.74, 6) is -2.90. The Morgan fingerprint density at radius 1 is 1.05 bits per heavy atom. The lowest BCUT2D eigenvalue weighted by Crippen LogP contribution is -2.54. The molecule has 0 aromatic rings. The van der Waals surface area contributed by atoms with Gasteiger partial charge in [0.2, 0.25) is 23.6 Å². The number of hydrogen-bond donors (Lipinski definition) is 4. The Morgan fingerprint density at radius 2 is 1.76 bits per heavy atom. The number of hydrogen-bond acceptors (Lipinski definition) is 8. The van der Waals surface area contributed by atoms with Crippen LogP contribution in [0.5, 0.6) is 0 Å². The molecule has 5 unspecified atom stereocenters. The van der Waals surface area contributed by atoms with Gasteiger partial charge >= 0.3 is 5.97 Å². The number of nitrogens with zero attached hydrogens (tertiary/aromatic N) is 2. The third-order valence-corrected chi connectivity index (χ3v) is 8.51. The monoisotopic (exact) mass is 583 g/mol. The molecule has 4 N–H and O–H groups in total. The van der Waals surface area contributed by atoms with Crippen LogP contribution in [0.4, 0.5) is 0 Å². The van der Waals surface area contributed by atoms with Gasteiger partial charge in [0.05, 0.1) is 49.2 Å². The largest absolute Gasteiger partial charge is 0.480 e. The number of ether oxygens (including phenoxy) is 2. The third kappa shape index (κ3) is 9.37. The van der Waals surface area contributed by atoms with Gasteiger partial charge in [0.1, 0.15) is 6.54 Å². The first-order valence-corrected chi connectivity index (χ1v) is 14.6. The number of likely N-dealkylation sites (tertiary alicyclic amines) is 1. The van der Waals surface area contributed by atoms with E-state index in [2.05, 4.69) is 16.0 Å². The van der Waals surface area contributed by atoms with Crippen LogP contribution in [0.25, 0.3) is 0 Å². The van der Waals surface area contributed by atoms with Crippen LogP contribution in [-0.2, 0) is 33.4 Å². The van der Waals surface area contributed by atoms with Crippen molar-refractivity contribution in [2.24, 2.45) is 11.8 Å². The minimum Gasteiger partial charge on any atom is -0.480 e. The molecule has 2 saturated heterocycles. The molecular weight excluding hydrogens is 534 g/mol. The van der Waals surface area contributed by atoms with E-state index in [0.717, 1.165) is 32.2 Å². The molecule has 0 saturated carbocycles. The molecule has 2 rings (SSSR count). The number of likely N-dealkylation sites (N-methyl/N-ethyl adjacent to an activating group) is 1. The van der Waals surface area contributed by atoms with Crippen LogP contribution in [0.3, 0.4) is 0 Å². The number of carbonyl (C=O) groups excluding carboxylic acids is 4. The average molecular weight is 584 g/mol. The summed E-state index contributed by atoms with van der Waals surface area (Å²) in [5.41, 5.74) is 0. The number of amides is 4. The SMILES string of the molecule is CC[C@H](C)C(C(CC(=O)N1CCCC1C(OC)C(C)C(=O)NCC(=O)O)OC)N(C)C(=O)CNC(=O)[C@@H]1CCCN1. The Labute approximate surface area is 243 Å². The number of nitrogens with one attached hydrogen (secondary N) is 3. The Balaban J connectivity index is 2.11. The van der Waals surface area contributed by atoms with Crippen LogP contribution >= 0.6 is 0 Å². The van der Waals surface area contributed by atoms with Crippen LogP contribution in [0, 0.1) is 11.8 Å². The topological polar surface area (TPSA) is 167 Å². The van der Waals surface area contributed by atoms with Gasteiger partial charge in [0, 0.05) is 27.8 Å². The van der Waals surface area contributed by atoms with Crippen LogP contribution in [0.15, 0.2) is 0 Å². The molecule has 0 spiro atoms. The zero-order chi connectivity index (χ0) is 30.7. The fraction of sp³-hybridized carbons (Fsp3) is 0.821. The lowest BCUT2D eigenvalue weighted by Gasteiger charge is -2.39. The first-order valence-electron chi connectivity index (χ1n) is 14.6. The highest BCUT2D eigenvalue weighted by atomic mass is 16.5. The second-order valence-electron chi connectivity index (χ2n) is 11.1. The molecular formula is C28H49N5O8. The number of carbonyl (C=O) groups is 5. The molecule has 0 aliphatic carbocycles. The summed E-state index contributed by atoms with van der Waals surface area (Å²) >= 11 is 0. The van der Waals surface area contributed by atoms with Crippen molar-refractivity contribution in [3.8, 4) is 0 Å². The summed E-state index contributed by atoms with van der Waals surface area (Å²) in [6.45, 7) is 6.31. The molecule has 0 aromatic heterocycles. The fourth-order valence-corrected chi connectivity index (χ4v) is 5.97. The lowest BCUT2D eigenvalue weighted by molar-refractivity contribution is -0.146. The molecule has 0 bridgehead atoms. The van der Waals surface area contributed by atoms with E-state index in [1.54, 1.807) is 23.8 Å². The second kappa shape index (κ2) is 16.6. The maximum Gasteiger partial charge on any atom is 0.322 e. The highest BCUT2D eigenvalue weighted by molar-refractivity contribution is 5.88. The number of aliphatic carboxylic acids is 1. The van der Waals surface area contributed by atoms with Gasteiger partial charge in [0.15, 0.2) is 0 Å². The highest BCUT2D eigenvalue weighted by Gasteiger charge is 2.42. The van der Waals surface area contributed by atoms with E-state index < -0.39 is 42.6 Å². The molecule has 2 fully saturated rings. The molecule has 2 aliphatic heterocycles. The molecule has 13 nitrogen and oxygen atoms in total. The molecule has 234 valence electrons. The summed E-state index contributed by atoms with van der Waals surface area (Å²) in [7, 11) is 4.67. The fourth-order valence-electron chi connectivity index (χ4n) is 5.97. The van der Waals surface area contributed by atoms with Gasteiger partial charge < -0.3 is 40.3 Å².